The molecule has 11 heteroatoms. The van der Waals surface area contributed by atoms with Gasteiger partial charge in [0.25, 0.3) is 0 Å². The quantitative estimate of drug-likeness (QED) is 0.507. The minimum Gasteiger partial charge on any atom is -0.350 e. The van der Waals surface area contributed by atoms with Gasteiger partial charge in [0.15, 0.2) is 0 Å². The summed E-state index contributed by atoms with van der Waals surface area (Å²) < 4.78 is 65.7. The fraction of sp³-hybridized carbons (Fsp3) is 0.462. The van der Waals surface area contributed by atoms with Gasteiger partial charge in [-0.25, -0.2) is 8.42 Å². The summed E-state index contributed by atoms with van der Waals surface area (Å²) >= 11 is 0. The maximum atomic E-state index is 13.6. The maximum absolute atomic E-state index is 13.6. The molecule has 37 heavy (non-hydrogen) atoms. The highest BCUT2D eigenvalue weighted by Gasteiger charge is 2.35. The lowest BCUT2D eigenvalue weighted by atomic mass is 10.0. The van der Waals surface area contributed by atoms with Gasteiger partial charge in [0.1, 0.15) is 12.6 Å². The maximum Gasteiger partial charge on any atom is 0.416 e. The Bertz CT molecular complexity index is 1220. The Morgan fingerprint density at radius 3 is 2.16 bits per heavy atom. The Labute approximate surface area is 216 Å². The van der Waals surface area contributed by atoms with Crippen LogP contribution in [0, 0.1) is 6.92 Å². The van der Waals surface area contributed by atoms with E-state index < -0.39 is 51.7 Å². The molecule has 0 unspecified atom stereocenters. The zero-order valence-corrected chi connectivity index (χ0v) is 22.7. The molecule has 1 atom stereocenters. The van der Waals surface area contributed by atoms with Crippen LogP contribution in [0.15, 0.2) is 48.5 Å². The van der Waals surface area contributed by atoms with E-state index in [1.807, 2.05) is 19.1 Å². The lowest BCUT2D eigenvalue weighted by Crippen LogP contribution is -2.55. The van der Waals surface area contributed by atoms with E-state index in [9.17, 15) is 31.2 Å². The molecule has 2 aromatic carbocycles. The van der Waals surface area contributed by atoms with Crippen LogP contribution in [0.4, 0.5) is 18.9 Å². The van der Waals surface area contributed by atoms with Crippen LogP contribution in [0.1, 0.15) is 50.8 Å². The van der Waals surface area contributed by atoms with E-state index >= 15 is 0 Å². The second-order valence-electron chi connectivity index (χ2n) is 9.99. The van der Waals surface area contributed by atoms with Crippen molar-refractivity contribution in [2.24, 2.45) is 0 Å². The zero-order valence-electron chi connectivity index (χ0n) is 21.9. The van der Waals surface area contributed by atoms with Crippen LogP contribution in [0.3, 0.4) is 0 Å². The number of hydrogen-bond donors (Lipinski definition) is 1. The fourth-order valence-electron chi connectivity index (χ4n) is 3.83. The average Bonchev–Trinajstić information content (AvgIpc) is 2.74. The number of anilines is 1. The number of hydrogen-bond acceptors (Lipinski definition) is 4. The highest BCUT2D eigenvalue weighted by atomic mass is 32.2. The fourth-order valence-corrected chi connectivity index (χ4v) is 4.67. The third kappa shape index (κ3) is 8.77. The summed E-state index contributed by atoms with van der Waals surface area (Å²) in [4.78, 5) is 28.1. The molecule has 0 heterocycles. The number of carbonyl (C=O) groups excluding carboxylic acids is 2. The molecule has 2 rings (SSSR count). The summed E-state index contributed by atoms with van der Waals surface area (Å²) in [6.45, 7) is 8.22. The van der Waals surface area contributed by atoms with Crippen molar-refractivity contribution in [3.8, 4) is 0 Å². The Balaban J connectivity index is 2.51. The van der Waals surface area contributed by atoms with Crippen molar-refractivity contribution in [1.82, 2.24) is 10.2 Å². The first-order chi connectivity index (χ1) is 16.9. The summed E-state index contributed by atoms with van der Waals surface area (Å²) in [6, 6.07) is 10.1. The van der Waals surface area contributed by atoms with Crippen molar-refractivity contribution >= 4 is 27.5 Å². The predicted molar refractivity (Wildman–Crippen MR) is 137 cm³/mol. The van der Waals surface area contributed by atoms with Gasteiger partial charge >= 0.3 is 6.18 Å². The summed E-state index contributed by atoms with van der Waals surface area (Å²) in [5.41, 5.74) is -0.273. The summed E-state index contributed by atoms with van der Waals surface area (Å²) in [5.74, 6) is -1.14. The number of benzene rings is 2. The average molecular weight is 542 g/mol. The number of alkyl halides is 3. The first-order valence-electron chi connectivity index (χ1n) is 11.7. The third-order valence-electron chi connectivity index (χ3n) is 5.46. The third-order valence-corrected chi connectivity index (χ3v) is 6.60. The van der Waals surface area contributed by atoms with E-state index in [0.29, 0.717) is 10.4 Å². The van der Waals surface area contributed by atoms with Crippen LogP contribution in [0.2, 0.25) is 0 Å². The van der Waals surface area contributed by atoms with Gasteiger partial charge in [0, 0.05) is 12.1 Å². The molecule has 0 aliphatic rings. The molecular formula is C26H34F3N3O4S. The lowest BCUT2D eigenvalue weighted by Gasteiger charge is -2.34. The number of rotatable bonds is 9. The van der Waals surface area contributed by atoms with Crippen LogP contribution in [0.5, 0.6) is 0 Å². The Kier molecular flexibility index (Phi) is 9.40. The van der Waals surface area contributed by atoms with E-state index in [1.165, 1.54) is 11.0 Å². The van der Waals surface area contributed by atoms with Gasteiger partial charge in [-0.2, -0.15) is 13.2 Å². The first kappa shape index (κ1) is 30.1. The molecule has 0 bridgehead atoms. The van der Waals surface area contributed by atoms with E-state index in [1.54, 1.807) is 39.8 Å². The normalized spacial score (nSPS) is 13.1. The molecule has 0 spiro atoms. The van der Waals surface area contributed by atoms with E-state index in [4.69, 9.17) is 0 Å². The molecule has 0 aliphatic carbocycles. The zero-order chi connectivity index (χ0) is 28.2. The van der Waals surface area contributed by atoms with Crippen LogP contribution in [-0.4, -0.2) is 49.5 Å². The highest BCUT2D eigenvalue weighted by Crippen LogP contribution is 2.32. The highest BCUT2D eigenvalue weighted by molar-refractivity contribution is 7.92. The molecular weight excluding hydrogens is 507 g/mol. The molecule has 0 radical (unpaired) electrons. The second kappa shape index (κ2) is 11.5. The first-order valence-corrected chi connectivity index (χ1v) is 13.6. The predicted octanol–water partition coefficient (Wildman–Crippen LogP) is 4.50. The summed E-state index contributed by atoms with van der Waals surface area (Å²) in [7, 11) is -4.15. The Morgan fingerprint density at radius 1 is 1.03 bits per heavy atom. The number of aryl methyl sites for hydroxylation is 1. The largest absolute Gasteiger partial charge is 0.416 e. The summed E-state index contributed by atoms with van der Waals surface area (Å²) in [5, 5.41) is 2.85. The number of halogens is 3. The molecule has 1 N–H and O–H groups in total. The molecule has 0 saturated heterocycles. The van der Waals surface area contributed by atoms with Gasteiger partial charge in [-0.15, -0.1) is 0 Å². The molecule has 0 aromatic heterocycles. The SMILES string of the molecule is CC[C@@H](C(=O)NC(C)(C)C)N(Cc1cccc(C)c1)C(=O)CN(c1cccc(C(F)(F)F)c1)S(C)(=O)=O. The molecule has 204 valence electrons. The molecule has 0 aliphatic heterocycles. The van der Waals surface area contributed by atoms with Crippen LogP contribution < -0.4 is 9.62 Å². The minimum atomic E-state index is -4.70. The van der Waals surface area contributed by atoms with Gasteiger partial charge in [-0.05, 0) is 57.9 Å². The van der Waals surface area contributed by atoms with E-state index in [-0.39, 0.29) is 18.7 Å². The van der Waals surface area contributed by atoms with Crippen molar-refractivity contribution < 1.29 is 31.2 Å². The number of nitrogens with zero attached hydrogens (tertiary/aromatic N) is 2. The van der Waals surface area contributed by atoms with Crippen LogP contribution in [-0.2, 0) is 32.3 Å². The molecule has 2 aromatic rings. The van der Waals surface area contributed by atoms with E-state index in [0.717, 1.165) is 29.5 Å². The second-order valence-corrected chi connectivity index (χ2v) is 11.9. The van der Waals surface area contributed by atoms with Gasteiger partial charge in [0.05, 0.1) is 17.5 Å². The topological polar surface area (TPSA) is 86.8 Å². The van der Waals surface area contributed by atoms with Crippen LogP contribution >= 0.6 is 0 Å². The van der Waals surface area contributed by atoms with Crippen molar-refractivity contribution in [3.63, 3.8) is 0 Å². The molecule has 0 saturated carbocycles. The molecule has 7 nitrogen and oxygen atoms in total. The lowest BCUT2D eigenvalue weighted by molar-refractivity contribution is -0.141. The smallest absolute Gasteiger partial charge is 0.350 e. The van der Waals surface area contributed by atoms with Gasteiger partial charge in [0.2, 0.25) is 21.8 Å². The number of nitrogens with one attached hydrogen (secondary N) is 1. The monoisotopic (exact) mass is 541 g/mol. The van der Waals surface area contributed by atoms with Gasteiger partial charge in [-0.1, -0.05) is 42.8 Å². The Hall–Kier alpha value is -3.08. The number of carbonyl (C=O) groups is 2. The van der Waals surface area contributed by atoms with Crippen molar-refractivity contribution in [2.75, 3.05) is 17.1 Å². The standard InChI is InChI=1S/C26H34F3N3O4S/c1-7-22(24(34)30-25(3,4)5)31(16-19-11-8-10-18(2)14-19)23(33)17-32(37(6,35)36)21-13-9-12-20(15-21)26(27,28)29/h8-15,22H,7,16-17H2,1-6H3,(H,30,34)/t22-/m0/s1. The Morgan fingerprint density at radius 2 is 1.65 bits per heavy atom. The van der Waals surface area contributed by atoms with Crippen molar-refractivity contribution in [3.05, 3.63) is 65.2 Å². The van der Waals surface area contributed by atoms with Crippen molar-refractivity contribution in [2.45, 2.75) is 65.3 Å². The van der Waals surface area contributed by atoms with Crippen molar-refractivity contribution in [1.29, 1.82) is 0 Å². The number of amides is 2. The van der Waals surface area contributed by atoms with Crippen LogP contribution in [0.25, 0.3) is 0 Å². The molecule has 2 amide bonds. The van der Waals surface area contributed by atoms with Gasteiger partial charge in [-0.3, -0.25) is 13.9 Å². The minimum absolute atomic E-state index is 0.0107. The molecule has 0 fully saturated rings. The van der Waals surface area contributed by atoms with Gasteiger partial charge < -0.3 is 10.2 Å². The van der Waals surface area contributed by atoms with E-state index in [2.05, 4.69) is 5.32 Å². The number of sulfonamides is 1. The summed E-state index contributed by atoms with van der Waals surface area (Å²) in [6.07, 6.45) is -3.64.